The molecular formula is C8H8O3. The molecule has 3 nitrogen and oxygen atoms in total. The lowest BCUT2D eigenvalue weighted by atomic mass is 9.90. The highest BCUT2D eigenvalue weighted by molar-refractivity contribution is 5.78. The number of hydrogen-bond donors (Lipinski definition) is 1. The Morgan fingerprint density at radius 1 is 1.64 bits per heavy atom. The van der Waals surface area contributed by atoms with Crippen molar-refractivity contribution >= 4 is 11.9 Å². The quantitative estimate of drug-likeness (QED) is 0.446. The van der Waals surface area contributed by atoms with E-state index in [1.807, 2.05) is 0 Å². The molecule has 58 valence electrons. The van der Waals surface area contributed by atoms with Gasteiger partial charge in [0.15, 0.2) is 0 Å². The number of aliphatic carboxylic acids is 1. The number of carbonyl (C=O) groups is 1. The van der Waals surface area contributed by atoms with E-state index >= 15 is 0 Å². The fourth-order valence-corrected chi connectivity index (χ4v) is 1.09. The Balaban J connectivity index is 2.86. The molecule has 0 spiro atoms. The van der Waals surface area contributed by atoms with Crippen LogP contribution in [0.2, 0.25) is 0 Å². The number of carboxylic acid groups (broad SMARTS) is 1. The Bertz CT molecular complexity index is 246. The smallest absolute Gasteiger partial charge is 0.311 e. The van der Waals surface area contributed by atoms with E-state index in [0.717, 1.165) is 0 Å². The van der Waals surface area contributed by atoms with Crippen LogP contribution in [0.4, 0.5) is 0 Å². The lowest BCUT2D eigenvalue weighted by Crippen LogP contribution is -2.17. The third-order valence-electron chi connectivity index (χ3n) is 1.73. The van der Waals surface area contributed by atoms with Crippen LogP contribution in [0.25, 0.3) is 0 Å². The van der Waals surface area contributed by atoms with E-state index in [2.05, 4.69) is 0 Å². The minimum atomic E-state index is -0.937. The molecule has 0 aromatic heterocycles. The molecular weight excluding hydrogens is 144 g/mol. The largest absolute Gasteiger partial charge is 0.481 e. The van der Waals surface area contributed by atoms with Crippen molar-refractivity contribution in [1.29, 1.82) is 0 Å². The van der Waals surface area contributed by atoms with Crippen LogP contribution < -0.4 is 0 Å². The van der Waals surface area contributed by atoms with Gasteiger partial charge in [-0.3, -0.25) is 4.79 Å². The van der Waals surface area contributed by atoms with E-state index < -0.39 is 11.9 Å². The average Bonchev–Trinajstić information content (AvgIpc) is 2.04. The van der Waals surface area contributed by atoms with Crippen molar-refractivity contribution in [3.8, 4) is 0 Å². The molecule has 1 N–H and O–H groups in total. The van der Waals surface area contributed by atoms with Gasteiger partial charge in [-0.25, -0.2) is 4.79 Å². The highest BCUT2D eigenvalue weighted by Gasteiger charge is 2.23. The molecule has 0 amide bonds. The minimum Gasteiger partial charge on any atom is -0.481 e. The monoisotopic (exact) mass is 152 g/mol. The summed E-state index contributed by atoms with van der Waals surface area (Å²) in [5.41, 5.74) is 0.347. The molecule has 0 aromatic rings. The molecule has 11 heavy (non-hydrogen) atoms. The summed E-state index contributed by atoms with van der Waals surface area (Å²) < 4.78 is 0. The normalized spacial score (nSPS) is 22.9. The first-order valence-electron chi connectivity index (χ1n) is 3.37. The van der Waals surface area contributed by atoms with Gasteiger partial charge in [0, 0.05) is 5.57 Å². The minimum absolute atomic E-state index is 0.347. The predicted octanol–water partition coefficient (Wildman–Crippen LogP) is 0.795. The van der Waals surface area contributed by atoms with Gasteiger partial charge in [0.1, 0.15) is 5.94 Å². The zero-order chi connectivity index (χ0) is 8.27. The summed E-state index contributed by atoms with van der Waals surface area (Å²) in [6.45, 7) is 0. The molecule has 0 saturated heterocycles. The zero-order valence-electron chi connectivity index (χ0n) is 5.91. The van der Waals surface area contributed by atoms with E-state index in [0.29, 0.717) is 18.4 Å². The van der Waals surface area contributed by atoms with Crippen LogP contribution in [0.15, 0.2) is 17.7 Å². The lowest BCUT2D eigenvalue weighted by Gasteiger charge is -2.13. The zero-order valence-corrected chi connectivity index (χ0v) is 5.91. The number of allylic oxidation sites excluding steroid dienone is 2. The number of hydrogen-bond acceptors (Lipinski definition) is 2. The van der Waals surface area contributed by atoms with Crippen molar-refractivity contribution in [3.05, 3.63) is 17.7 Å². The third kappa shape index (κ3) is 1.57. The van der Waals surface area contributed by atoms with Gasteiger partial charge in [0.25, 0.3) is 0 Å². The van der Waals surface area contributed by atoms with E-state index in [9.17, 15) is 9.59 Å². The molecule has 0 heterocycles. The molecule has 0 radical (unpaired) electrons. The highest BCUT2D eigenvalue weighted by Crippen LogP contribution is 2.22. The maximum absolute atomic E-state index is 10.5. The van der Waals surface area contributed by atoms with Crippen LogP contribution in [-0.2, 0) is 9.59 Å². The van der Waals surface area contributed by atoms with Gasteiger partial charge < -0.3 is 5.11 Å². The van der Waals surface area contributed by atoms with Gasteiger partial charge in [0.05, 0.1) is 5.92 Å². The first-order chi connectivity index (χ1) is 5.25. The SMILES string of the molecule is O=C=C1CC=CCC1C(=O)O. The summed E-state index contributed by atoms with van der Waals surface area (Å²) in [5, 5.41) is 8.61. The summed E-state index contributed by atoms with van der Waals surface area (Å²) >= 11 is 0. The van der Waals surface area contributed by atoms with E-state index in [-0.39, 0.29) is 0 Å². The second kappa shape index (κ2) is 3.17. The summed E-state index contributed by atoms with van der Waals surface area (Å²) in [6, 6.07) is 0. The van der Waals surface area contributed by atoms with Crippen LogP contribution in [0, 0.1) is 5.92 Å². The Morgan fingerprint density at radius 2 is 2.36 bits per heavy atom. The Labute approximate surface area is 64.0 Å². The van der Waals surface area contributed by atoms with Gasteiger partial charge in [-0.2, -0.15) is 0 Å². The number of carbonyl (C=O) groups excluding carboxylic acids is 1. The standard InChI is InChI=1S/C8H8O3/c9-5-6-3-1-2-4-7(6)8(10)11/h1-2,7H,3-4H2,(H,10,11). The van der Waals surface area contributed by atoms with Gasteiger partial charge in [-0.15, -0.1) is 0 Å². The number of rotatable bonds is 1. The maximum atomic E-state index is 10.5. The van der Waals surface area contributed by atoms with Gasteiger partial charge in [0.2, 0.25) is 0 Å². The fourth-order valence-electron chi connectivity index (χ4n) is 1.09. The molecule has 1 rings (SSSR count). The molecule has 0 aliphatic heterocycles. The van der Waals surface area contributed by atoms with E-state index in [1.165, 1.54) is 0 Å². The molecule has 1 aliphatic carbocycles. The fraction of sp³-hybridized carbons (Fsp3) is 0.375. The van der Waals surface area contributed by atoms with Crippen LogP contribution in [-0.4, -0.2) is 17.0 Å². The van der Waals surface area contributed by atoms with Crippen molar-refractivity contribution in [2.24, 2.45) is 5.92 Å². The molecule has 0 aromatic carbocycles. The molecule has 0 bridgehead atoms. The average molecular weight is 152 g/mol. The first-order valence-corrected chi connectivity index (χ1v) is 3.37. The topological polar surface area (TPSA) is 54.4 Å². The van der Waals surface area contributed by atoms with Crippen molar-refractivity contribution in [3.63, 3.8) is 0 Å². The molecule has 1 aliphatic rings. The van der Waals surface area contributed by atoms with Gasteiger partial charge >= 0.3 is 5.97 Å². The summed E-state index contributed by atoms with van der Waals surface area (Å²) in [5.74, 6) is 0.0914. The molecule has 0 fully saturated rings. The molecule has 1 atom stereocenters. The molecule has 0 saturated carbocycles. The van der Waals surface area contributed by atoms with Crippen molar-refractivity contribution in [1.82, 2.24) is 0 Å². The second-order valence-electron chi connectivity index (χ2n) is 2.43. The third-order valence-corrected chi connectivity index (χ3v) is 1.73. The van der Waals surface area contributed by atoms with Crippen LogP contribution in [0.3, 0.4) is 0 Å². The lowest BCUT2D eigenvalue weighted by molar-refractivity contribution is -0.140. The van der Waals surface area contributed by atoms with Crippen molar-refractivity contribution < 1.29 is 14.7 Å². The Kier molecular flexibility index (Phi) is 2.24. The van der Waals surface area contributed by atoms with E-state index in [1.54, 1.807) is 18.1 Å². The van der Waals surface area contributed by atoms with Gasteiger partial charge in [-0.05, 0) is 12.8 Å². The van der Waals surface area contributed by atoms with Crippen LogP contribution in [0.5, 0.6) is 0 Å². The van der Waals surface area contributed by atoms with E-state index in [4.69, 9.17) is 5.11 Å². The van der Waals surface area contributed by atoms with Crippen molar-refractivity contribution in [2.75, 3.05) is 0 Å². The molecule has 3 heteroatoms. The number of carboxylic acids is 1. The Hall–Kier alpha value is -1.34. The van der Waals surface area contributed by atoms with Crippen LogP contribution >= 0.6 is 0 Å². The van der Waals surface area contributed by atoms with Crippen molar-refractivity contribution in [2.45, 2.75) is 12.8 Å². The first kappa shape index (κ1) is 7.76. The summed E-state index contributed by atoms with van der Waals surface area (Å²) in [4.78, 5) is 20.7. The second-order valence-corrected chi connectivity index (χ2v) is 2.43. The predicted molar refractivity (Wildman–Crippen MR) is 38.7 cm³/mol. The van der Waals surface area contributed by atoms with Crippen LogP contribution in [0.1, 0.15) is 12.8 Å². The highest BCUT2D eigenvalue weighted by atomic mass is 16.4. The maximum Gasteiger partial charge on any atom is 0.311 e. The Morgan fingerprint density at radius 3 is 2.82 bits per heavy atom. The summed E-state index contributed by atoms with van der Waals surface area (Å²) in [6.07, 6.45) is 4.42. The summed E-state index contributed by atoms with van der Waals surface area (Å²) in [7, 11) is 0. The van der Waals surface area contributed by atoms with Gasteiger partial charge in [-0.1, -0.05) is 12.2 Å². The molecule has 1 unspecified atom stereocenters.